The molecule has 1 heterocycles. The van der Waals surface area contributed by atoms with Crippen LogP contribution in [0.15, 0.2) is 12.2 Å². The van der Waals surface area contributed by atoms with Crippen molar-refractivity contribution in [3.8, 4) is 0 Å². The summed E-state index contributed by atoms with van der Waals surface area (Å²) in [6.07, 6.45) is 8.39. The second-order valence-electron chi connectivity index (χ2n) is 4.04. The molecule has 1 heteroatoms. The minimum atomic E-state index is 0.611. The topological polar surface area (TPSA) is 12.0 Å². The summed E-state index contributed by atoms with van der Waals surface area (Å²) in [6.45, 7) is 6.84. The zero-order valence-electron chi connectivity index (χ0n) is 8.51. The first-order chi connectivity index (χ1) is 5.74. The van der Waals surface area contributed by atoms with Gasteiger partial charge in [-0.15, -0.1) is 0 Å². The molecule has 0 unspecified atom stereocenters. The summed E-state index contributed by atoms with van der Waals surface area (Å²) < 4.78 is 0. The van der Waals surface area contributed by atoms with Gasteiger partial charge in [-0.05, 0) is 25.2 Å². The molecule has 0 saturated heterocycles. The normalized spacial score (nSPS) is 30.7. The van der Waals surface area contributed by atoms with Crippen LogP contribution in [-0.4, -0.2) is 12.1 Å². The van der Waals surface area contributed by atoms with Gasteiger partial charge in [-0.1, -0.05) is 32.9 Å². The van der Waals surface area contributed by atoms with Crippen LogP contribution in [0, 0.1) is 5.92 Å². The van der Waals surface area contributed by atoms with Gasteiger partial charge in [0, 0.05) is 12.1 Å². The molecule has 0 saturated carbocycles. The molecule has 1 aliphatic rings. The molecule has 0 aliphatic carbocycles. The first kappa shape index (κ1) is 9.79. The molecule has 0 radical (unpaired) electrons. The Labute approximate surface area is 76.2 Å². The van der Waals surface area contributed by atoms with Gasteiger partial charge in [0.1, 0.15) is 0 Å². The van der Waals surface area contributed by atoms with Crippen LogP contribution in [0.5, 0.6) is 0 Å². The lowest BCUT2D eigenvalue weighted by atomic mass is 9.99. The average molecular weight is 167 g/mol. The molecule has 0 aromatic rings. The third kappa shape index (κ3) is 2.63. The van der Waals surface area contributed by atoms with E-state index in [0.717, 1.165) is 5.92 Å². The van der Waals surface area contributed by atoms with Crippen LogP contribution in [0.1, 0.15) is 40.0 Å². The van der Waals surface area contributed by atoms with E-state index < -0.39 is 0 Å². The fourth-order valence-corrected chi connectivity index (χ4v) is 1.73. The minimum absolute atomic E-state index is 0.611. The number of nitrogens with one attached hydrogen (secondary N) is 1. The summed E-state index contributed by atoms with van der Waals surface area (Å²) in [7, 11) is 0. The highest BCUT2D eigenvalue weighted by atomic mass is 14.9. The van der Waals surface area contributed by atoms with E-state index in [0.29, 0.717) is 12.1 Å². The second kappa shape index (κ2) is 4.66. The molecule has 2 atom stereocenters. The van der Waals surface area contributed by atoms with Crippen LogP contribution < -0.4 is 5.32 Å². The third-order valence-corrected chi connectivity index (χ3v) is 2.69. The zero-order chi connectivity index (χ0) is 8.97. The Morgan fingerprint density at radius 2 is 2.25 bits per heavy atom. The maximum atomic E-state index is 3.68. The Morgan fingerprint density at radius 3 is 2.83 bits per heavy atom. The summed E-state index contributed by atoms with van der Waals surface area (Å²) >= 11 is 0. The number of allylic oxidation sites excluding steroid dienone is 1. The quantitative estimate of drug-likeness (QED) is 0.624. The van der Waals surface area contributed by atoms with Gasteiger partial charge in [0.05, 0.1) is 0 Å². The summed E-state index contributed by atoms with van der Waals surface area (Å²) in [6, 6.07) is 1.32. The lowest BCUT2D eigenvalue weighted by Gasteiger charge is -2.24. The maximum absolute atomic E-state index is 3.68. The molecule has 70 valence electrons. The molecule has 12 heavy (non-hydrogen) atoms. The van der Waals surface area contributed by atoms with Crippen molar-refractivity contribution in [2.45, 2.75) is 52.1 Å². The number of rotatable bonds is 2. The third-order valence-electron chi connectivity index (χ3n) is 2.69. The molecule has 1 rings (SSSR count). The van der Waals surface area contributed by atoms with E-state index in [1.54, 1.807) is 0 Å². The highest BCUT2D eigenvalue weighted by Gasteiger charge is 2.16. The van der Waals surface area contributed by atoms with Crippen molar-refractivity contribution in [3.05, 3.63) is 12.2 Å². The highest BCUT2D eigenvalue weighted by Crippen LogP contribution is 2.14. The fraction of sp³-hybridized carbons (Fsp3) is 0.818. The van der Waals surface area contributed by atoms with Gasteiger partial charge in [0.2, 0.25) is 0 Å². The van der Waals surface area contributed by atoms with Crippen LogP contribution in [0.4, 0.5) is 0 Å². The molecule has 0 amide bonds. The molecule has 0 fully saturated rings. The smallest absolute Gasteiger partial charge is 0.0250 e. The molecular weight excluding hydrogens is 146 g/mol. The van der Waals surface area contributed by atoms with E-state index in [4.69, 9.17) is 0 Å². The molecule has 1 N–H and O–H groups in total. The summed E-state index contributed by atoms with van der Waals surface area (Å²) in [5.74, 6) is 0.763. The van der Waals surface area contributed by atoms with Crippen molar-refractivity contribution in [1.82, 2.24) is 5.32 Å². The standard InChI is InChI=1S/C11H21N/c1-4-10-7-5-6-8-11(12-10)9(2)3/h5,7,9-12H,4,6,8H2,1-3H3/t10-,11+/m1/s1. The van der Waals surface area contributed by atoms with Crippen molar-refractivity contribution in [2.24, 2.45) is 5.92 Å². The van der Waals surface area contributed by atoms with Gasteiger partial charge in [0.25, 0.3) is 0 Å². The van der Waals surface area contributed by atoms with Crippen LogP contribution in [0.25, 0.3) is 0 Å². The molecule has 0 bridgehead atoms. The van der Waals surface area contributed by atoms with E-state index >= 15 is 0 Å². The molecule has 0 spiro atoms. The van der Waals surface area contributed by atoms with Crippen LogP contribution in [0.2, 0.25) is 0 Å². The summed E-state index contributed by atoms with van der Waals surface area (Å²) in [4.78, 5) is 0. The zero-order valence-corrected chi connectivity index (χ0v) is 8.51. The summed E-state index contributed by atoms with van der Waals surface area (Å²) in [5.41, 5.74) is 0. The highest BCUT2D eigenvalue weighted by molar-refractivity contribution is 4.98. The van der Waals surface area contributed by atoms with Gasteiger partial charge in [-0.2, -0.15) is 0 Å². The lowest BCUT2D eigenvalue weighted by Crippen LogP contribution is -2.39. The van der Waals surface area contributed by atoms with Crippen molar-refractivity contribution >= 4 is 0 Å². The maximum Gasteiger partial charge on any atom is 0.0250 e. The predicted molar refractivity (Wildman–Crippen MR) is 54.2 cm³/mol. The SMILES string of the molecule is CC[C@@H]1C=CCC[C@@H](C(C)C)N1. The predicted octanol–water partition coefficient (Wildman–Crippen LogP) is 2.73. The largest absolute Gasteiger partial charge is 0.308 e. The molecule has 1 aliphatic heterocycles. The van der Waals surface area contributed by atoms with Crippen LogP contribution in [0.3, 0.4) is 0 Å². The van der Waals surface area contributed by atoms with Crippen molar-refractivity contribution in [3.63, 3.8) is 0 Å². The van der Waals surface area contributed by atoms with Gasteiger partial charge in [-0.25, -0.2) is 0 Å². The van der Waals surface area contributed by atoms with Crippen LogP contribution in [-0.2, 0) is 0 Å². The Balaban J connectivity index is 2.48. The van der Waals surface area contributed by atoms with Gasteiger partial charge >= 0.3 is 0 Å². The monoisotopic (exact) mass is 167 g/mol. The van der Waals surface area contributed by atoms with Gasteiger partial charge in [0.15, 0.2) is 0 Å². The summed E-state index contributed by atoms with van der Waals surface area (Å²) in [5, 5.41) is 3.68. The van der Waals surface area contributed by atoms with E-state index in [1.165, 1.54) is 19.3 Å². The second-order valence-corrected chi connectivity index (χ2v) is 4.04. The molecule has 0 aromatic heterocycles. The number of hydrogen-bond acceptors (Lipinski definition) is 1. The molecule has 0 aromatic carbocycles. The lowest BCUT2D eigenvalue weighted by molar-refractivity contribution is 0.361. The Bertz CT molecular complexity index is 149. The van der Waals surface area contributed by atoms with Crippen LogP contribution >= 0.6 is 0 Å². The van der Waals surface area contributed by atoms with E-state index in [-0.39, 0.29) is 0 Å². The first-order valence-electron chi connectivity index (χ1n) is 5.16. The van der Waals surface area contributed by atoms with Crippen molar-refractivity contribution in [1.29, 1.82) is 0 Å². The Kier molecular flexibility index (Phi) is 3.80. The molecule has 1 nitrogen and oxygen atoms in total. The van der Waals surface area contributed by atoms with E-state index in [2.05, 4.69) is 38.2 Å². The van der Waals surface area contributed by atoms with Crippen molar-refractivity contribution in [2.75, 3.05) is 0 Å². The van der Waals surface area contributed by atoms with E-state index in [9.17, 15) is 0 Å². The fourth-order valence-electron chi connectivity index (χ4n) is 1.73. The Morgan fingerprint density at radius 1 is 1.50 bits per heavy atom. The average Bonchev–Trinajstić information content (AvgIpc) is 2.28. The van der Waals surface area contributed by atoms with E-state index in [1.807, 2.05) is 0 Å². The minimum Gasteiger partial charge on any atom is -0.308 e. The van der Waals surface area contributed by atoms with Gasteiger partial charge < -0.3 is 5.32 Å². The first-order valence-corrected chi connectivity index (χ1v) is 5.16. The molecular formula is C11H21N. The van der Waals surface area contributed by atoms with Gasteiger partial charge in [-0.3, -0.25) is 0 Å². The van der Waals surface area contributed by atoms with Crippen molar-refractivity contribution < 1.29 is 0 Å². The number of hydrogen-bond donors (Lipinski definition) is 1. The Hall–Kier alpha value is -0.300.